The van der Waals surface area contributed by atoms with Gasteiger partial charge >= 0.3 is 0 Å². The Bertz CT molecular complexity index is 116. The number of halogens is 1. The van der Waals surface area contributed by atoms with Gasteiger partial charge in [0.25, 0.3) is 0 Å². The van der Waals surface area contributed by atoms with Gasteiger partial charge < -0.3 is 11.1 Å². The van der Waals surface area contributed by atoms with E-state index in [0.29, 0.717) is 4.43 Å². The number of nitrogens with one attached hydrogen (secondary N) is 1. The quantitative estimate of drug-likeness (QED) is 0.381. The van der Waals surface area contributed by atoms with Gasteiger partial charge in [0.05, 0.1) is 4.43 Å². The summed E-state index contributed by atoms with van der Waals surface area (Å²) in [5.74, 6) is -0.155. The zero-order chi connectivity index (χ0) is 6.57. The largest absolute Gasteiger partial charge is 0.376 e. The number of hydrogen-bond acceptors (Lipinski definition) is 2. The summed E-state index contributed by atoms with van der Waals surface area (Å²) in [7, 11) is 0. The zero-order valence-corrected chi connectivity index (χ0v) is 6.95. The van der Waals surface area contributed by atoms with Gasteiger partial charge in [-0.25, -0.2) is 0 Å². The van der Waals surface area contributed by atoms with Gasteiger partial charge in [0.15, 0.2) is 5.11 Å². The smallest absolute Gasteiger partial charge is 0.235 e. The summed E-state index contributed by atoms with van der Waals surface area (Å²) >= 11 is 6.30. The zero-order valence-electron chi connectivity index (χ0n) is 3.98. The Hall–Kier alpha value is 0.0900. The molecule has 0 aliphatic carbocycles. The van der Waals surface area contributed by atoms with E-state index in [-0.39, 0.29) is 11.0 Å². The summed E-state index contributed by atoms with van der Waals surface area (Å²) in [6, 6.07) is 0. The van der Waals surface area contributed by atoms with Crippen LogP contribution in [-0.2, 0) is 4.79 Å². The van der Waals surface area contributed by atoms with E-state index in [0.717, 1.165) is 0 Å². The van der Waals surface area contributed by atoms with E-state index in [1.165, 1.54) is 0 Å². The van der Waals surface area contributed by atoms with Crippen molar-refractivity contribution in [1.82, 2.24) is 5.32 Å². The standard InChI is InChI=1S/C3H5IN2OS/c4-1-2(7)6-3(5)8/h1H2,(H3,5,6,7,8). The molecule has 0 aliphatic heterocycles. The van der Waals surface area contributed by atoms with Gasteiger partial charge in [-0.15, -0.1) is 0 Å². The van der Waals surface area contributed by atoms with Crippen LogP contribution in [0, 0.1) is 0 Å². The third kappa shape index (κ3) is 4.25. The van der Waals surface area contributed by atoms with Crippen LogP contribution in [0.4, 0.5) is 0 Å². The molecule has 0 saturated heterocycles. The molecule has 3 nitrogen and oxygen atoms in total. The maximum Gasteiger partial charge on any atom is 0.235 e. The number of nitrogens with two attached hydrogens (primary N) is 1. The van der Waals surface area contributed by atoms with E-state index in [1.807, 2.05) is 22.6 Å². The molecule has 1 amide bonds. The van der Waals surface area contributed by atoms with Crippen LogP contribution in [0.2, 0.25) is 0 Å². The molecule has 0 fully saturated rings. The number of rotatable bonds is 1. The molecule has 0 radical (unpaired) electrons. The third-order valence-electron chi connectivity index (χ3n) is 0.384. The van der Waals surface area contributed by atoms with Crippen LogP contribution in [0.25, 0.3) is 0 Å². The summed E-state index contributed by atoms with van der Waals surface area (Å²) in [5, 5.41) is 2.29. The molecule has 0 unspecified atom stereocenters. The van der Waals surface area contributed by atoms with Gasteiger partial charge in [-0.3, -0.25) is 4.79 Å². The van der Waals surface area contributed by atoms with Crippen LogP contribution in [0.1, 0.15) is 0 Å². The van der Waals surface area contributed by atoms with Crippen molar-refractivity contribution in [2.24, 2.45) is 5.73 Å². The normalized spacial score (nSPS) is 8.12. The summed E-state index contributed by atoms with van der Waals surface area (Å²) in [6.07, 6.45) is 0. The second kappa shape index (κ2) is 4.02. The van der Waals surface area contributed by atoms with Gasteiger partial charge in [-0.2, -0.15) is 0 Å². The average molecular weight is 244 g/mol. The van der Waals surface area contributed by atoms with Crippen molar-refractivity contribution in [3.63, 3.8) is 0 Å². The molecule has 5 heteroatoms. The highest BCUT2D eigenvalue weighted by atomic mass is 127. The third-order valence-corrected chi connectivity index (χ3v) is 1.18. The van der Waals surface area contributed by atoms with Crippen LogP contribution < -0.4 is 11.1 Å². The Morgan fingerprint density at radius 2 is 2.38 bits per heavy atom. The van der Waals surface area contributed by atoms with E-state index in [4.69, 9.17) is 5.73 Å². The van der Waals surface area contributed by atoms with Crippen LogP contribution >= 0.6 is 34.8 Å². The topological polar surface area (TPSA) is 55.1 Å². The molecule has 0 saturated carbocycles. The van der Waals surface area contributed by atoms with Gasteiger partial charge in [0.2, 0.25) is 5.91 Å². The fourth-order valence-electron chi connectivity index (χ4n) is 0.171. The monoisotopic (exact) mass is 244 g/mol. The van der Waals surface area contributed by atoms with Crippen molar-refractivity contribution in [3.05, 3.63) is 0 Å². The summed E-state index contributed by atoms with van der Waals surface area (Å²) in [5.41, 5.74) is 4.97. The minimum absolute atomic E-state index is 0.0340. The first-order valence-corrected chi connectivity index (χ1v) is 3.75. The molecular weight excluding hydrogens is 239 g/mol. The van der Waals surface area contributed by atoms with E-state index in [2.05, 4.69) is 17.5 Å². The second-order valence-corrected chi connectivity index (χ2v) is 2.25. The molecule has 0 heterocycles. The Kier molecular flexibility index (Phi) is 4.06. The lowest BCUT2D eigenvalue weighted by Gasteiger charge is -1.95. The highest BCUT2D eigenvalue weighted by Crippen LogP contribution is 1.77. The molecule has 3 N–H and O–H groups in total. The van der Waals surface area contributed by atoms with Crippen molar-refractivity contribution in [1.29, 1.82) is 0 Å². The summed E-state index contributed by atoms with van der Waals surface area (Å²) in [4.78, 5) is 10.3. The summed E-state index contributed by atoms with van der Waals surface area (Å²) in [6.45, 7) is 0. The van der Waals surface area contributed by atoms with Crippen LogP contribution in [-0.4, -0.2) is 15.4 Å². The molecule has 0 aromatic carbocycles. The molecule has 8 heavy (non-hydrogen) atoms. The van der Waals surface area contributed by atoms with E-state index >= 15 is 0 Å². The van der Waals surface area contributed by atoms with Crippen LogP contribution in [0.5, 0.6) is 0 Å². The fraction of sp³-hybridized carbons (Fsp3) is 0.333. The lowest BCUT2D eigenvalue weighted by Crippen LogP contribution is -2.35. The Labute approximate surface area is 66.1 Å². The summed E-state index contributed by atoms with van der Waals surface area (Å²) < 4.78 is 0.384. The van der Waals surface area contributed by atoms with E-state index in [1.54, 1.807) is 0 Å². The van der Waals surface area contributed by atoms with Crippen molar-refractivity contribution in [3.8, 4) is 0 Å². The van der Waals surface area contributed by atoms with Crippen LogP contribution in [0.15, 0.2) is 0 Å². The lowest BCUT2D eigenvalue weighted by molar-refractivity contribution is -0.116. The average Bonchev–Trinajstić information content (AvgIpc) is 1.65. The number of carbonyl (C=O) groups is 1. The Balaban J connectivity index is 3.40. The molecule has 0 rings (SSSR count). The highest BCUT2D eigenvalue weighted by Gasteiger charge is 1.95. The number of amides is 1. The minimum atomic E-state index is -0.155. The Morgan fingerprint density at radius 3 is 2.50 bits per heavy atom. The van der Waals surface area contributed by atoms with Crippen molar-refractivity contribution >= 4 is 45.8 Å². The number of carbonyl (C=O) groups excluding carboxylic acids is 1. The predicted molar refractivity (Wildman–Crippen MR) is 43.8 cm³/mol. The minimum Gasteiger partial charge on any atom is -0.376 e. The van der Waals surface area contributed by atoms with Gasteiger partial charge in [-0.05, 0) is 12.2 Å². The highest BCUT2D eigenvalue weighted by molar-refractivity contribution is 14.1. The predicted octanol–water partition coefficient (Wildman–Crippen LogP) is -0.219. The van der Waals surface area contributed by atoms with E-state index in [9.17, 15) is 4.79 Å². The molecule has 46 valence electrons. The molecule has 0 atom stereocenters. The van der Waals surface area contributed by atoms with Gasteiger partial charge in [0, 0.05) is 0 Å². The van der Waals surface area contributed by atoms with Crippen molar-refractivity contribution in [2.75, 3.05) is 4.43 Å². The fourth-order valence-corrected chi connectivity index (χ4v) is 0.475. The molecule has 0 spiro atoms. The lowest BCUT2D eigenvalue weighted by atomic mass is 10.7. The molecule has 0 aliphatic rings. The first-order chi connectivity index (χ1) is 3.66. The first kappa shape index (κ1) is 8.09. The number of hydrogen-bond donors (Lipinski definition) is 2. The number of thiocarbonyl (C=S) groups is 1. The first-order valence-electron chi connectivity index (χ1n) is 1.82. The molecule has 0 aromatic heterocycles. The number of alkyl halides is 1. The maximum atomic E-state index is 10.3. The molecular formula is C3H5IN2OS. The van der Waals surface area contributed by atoms with Crippen molar-refractivity contribution in [2.45, 2.75) is 0 Å². The second-order valence-electron chi connectivity index (χ2n) is 1.05. The molecule has 0 bridgehead atoms. The van der Waals surface area contributed by atoms with E-state index < -0.39 is 0 Å². The van der Waals surface area contributed by atoms with Crippen molar-refractivity contribution < 1.29 is 4.79 Å². The Morgan fingerprint density at radius 1 is 1.88 bits per heavy atom. The van der Waals surface area contributed by atoms with Gasteiger partial charge in [0.1, 0.15) is 0 Å². The molecule has 0 aromatic rings. The maximum absolute atomic E-state index is 10.3. The van der Waals surface area contributed by atoms with Crippen LogP contribution in [0.3, 0.4) is 0 Å². The SMILES string of the molecule is NC(=S)NC(=O)CI. The van der Waals surface area contributed by atoms with Gasteiger partial charge in [-0.1, -0.05) is 22.6 Å².